The summed E-state index contributed by atoms with van der Waals surface area (Å²) >= 11 is 3.26. The van der Waals surface area contributed by atoms with Crippen LogP contribution in [-0.2, 0) is 4.79 Å². The summed E-state index contributed by atoms with van der Waals surface area (Å²) in [6.07, 6.45) is 2.59. The van der Waals surface area contributed by atoms with Gasteiger partial charge in [-0.2, -0.15) is 0 Å². The molecule has 1 aromatic heterocycles. The van der Waals surface area contributed by atoms with Gasteiger partial charge in [0.15, 0.2) is 0 Å². The van der Waals surface area contributed by atoms with Crippen molar-refractivity contribution in [2.24, 2.45) is 5.41 Å². The second-order valence-corrected chi connectivity index (χ2v) is 5.69. The van der Waals surface area contributed by atoms with E-state index in [1.54, 1.807) is 23.2 Å². The molecule has 1 N–H and O–H groups in total. The second kappa shape index (κ2) is 5.28. The summed E-state index contributed by atoms with van der Waals surface area (Å²) in [5.74, 6) is -1.03. The number of halogens is 1. The molecule has 102 valence electrons. The Hall–Kier alpha value is -1.43. The molecule has 1 fully saturated rings. The molecule has 0 aliphatic carbocycles. The minimum absolute atomic E-state index is 0.205. The van der Waals surface area contributed by atoms with Crippen LogP contribution in [0.5, 0.6) is 0 Å². The van der Waals surface area contributed by atoms with Crippen molar-refractivity contribution < 1.29 is 14.7 Å². The normalized spacial score (nSPS) is 22.5. The molecule has 0 radical (unpaired) electrons. The number of aliphatic carboxylic acids is 1. The number of hydrogen-bond acceptors (Lipinski definition) is 3. The van der Waals surface area contributed by atoms with Crippen LogP contribution in [-0.4, -0.2) is 40.0 Å². The number of likely N-dealkylation sites (tertiary alicyclic amines) is 1. The van der Waals surface area contributed by atoms with Crippen LogP contribution in [0.1, 0.15) is 30.3 Å². The molecule has 0 aromatic carbocycles. The zero-order valence-corrected chi connectivity index (χ0v) is 12.2. The highest BCUT2D eigenvalue weighted by atomic mass is 79.9. The van der Waals surface area contributed by atoms with Crippen LogP contribution >= 0.6 is 15.9 Å². The third kappa shape index (κ3) is 2.63. The number of pyridine rings is 1. The summed E-state index contributed by atoms with van der Waals surface area (Å²) in [4.78, 5) is 29.2. The van der Waals surface area contributed by atoms with Gasteiger partial charge in [0.2, 0.25) is 0 Å². The first-order valence-corrected chi connectivity index (χ1v) is 6.92. The Morgan fingerprint density at radius 1 is 1.53 bits per heavy atom. The fourth-order valence-corrected chi connectivity index (χ4v) is 2.56. The molecule has 0 spiro atoms. The minimum atomic E-state index is -0.825. The van der Waals surface area contributed by atoms with Gasteiger partial charge < -0.3 is 10.0 Å². The van der Waals surface area contributed by atoms with E-state index < -0.39 is 11.4 Å². The molecule has 1 aromatic rings. The highest BCUT2D eigenvalue weighted by Crippen LogP contribution is 2.34. The van der Waals surface area contributed by atoms with Gasteiger partial charge in [-0.05, 0) is 40.9 Å². The highest BCUT2D eigenvalue weighted by Gasteiger charge is 2.44. The van der Waals surface area contributed by atoms with Crippen LogP contribution in [0.25, 0.3) is 0 Å². The van der Waals surface area contributed by atoms with E-state index in [2.05, 4.69) is 20.9 Å². The first-order chi connectivity index (χ1) is 8.98. The Kier molecular flexibility index (Phi) is 3.89. The van der Waals surface area contributed by atoms with Crippen molar-refractivity contribution in [1.29, 1.82) is 0 Å². The number of aromatic nitrogens is 1. The number of carbonyl (C=O) groups is 2. The van der Waals surface area contributed by atoms with Crippen molar-refractivity contribution in [3.05, 3.63) is 28.5 Å². The van der Waals surface area contributed by atoms with E-state index in [0.29, 0.717) is 25.1 Å². The predicted molar refractivity (Wildman–Crippen MR) is 72.8 cm³/mol. The summed E-state index contributed by atoms with van der Waals surface area (Å²) in [6.45, 7) is 2.58. The number of hydrogen-bond donors (Lipinski definition) is 1. The number of nitrogens with zero attached hydrogens (tertiary/aromatic N) is 2. The van der Waals surface area contributed by atoms with Crippen LogP contribution in [0.4, 0.5) is 0 Å². The topological polar surface area (TPSA) is 70.5 Å². The van der Waals surface area contributed by atoms with Gasteiger partial charge in [-0.3, -0.25) is 9.59 Å². The van der Waals surface area contributed by atoms with E-state index in [9.17, 15) is 14.7 Å². The molecule has 2 heterocycles. The van der Waals surface area contributed by atoms with Crippen molar-refractivity contribution in [2.45, 2.75) is 19.8 Å². The van der Waals surface area contributed by atoms with E-state index in [1.165, 1.54) is 0 Å². The number of carbonyl (C=O) groups excluding carboxylic acids is 1. The van der Waals surface area contributed by atoms with Crippen molar-refractivity contribution in [3.63, 3.8) is 0 Å². The van der Waals surface area contributed by atoms with Gasteiger partial charge in [-0.25, -0.2) is 4.98 Å². The maximum atomic E-state index is 12.2. The van der Waals surface area contributed by atoms with Crippen LogP contribution in [0.15, 0.2) is 22.8 Å². The Labute approximate surface area is 119 Å². The first-order valence-electron chi connectivity index (χ1n) is 6.13. The fraction of sp³-hybridized carbons (Fsp3) is 0.462. The molecule has 1 aliphatic rings. The fourth-order valence-electron chi connectivity index (χ4n) is 2.32. The molecule has 1 aliphatic heterocycles. The van der Waals surface area contributed by atoms with Crippen molar-refractivity contribution in [2.75, 3.05) is 13.1 Å². The molecule has 2 rings (SSSR count). The quantitative estimate of drug-likeness (QED) is 0.924. The third-order valence-electron chi connectivity index (χ3n) is 3.72. The summed E-state index contributed by atoms with van der Waals surface area (Å²) in [5, 5.41) is 9.31. The molecule has 1 amide bonds. The highest BCUT2D eigenvalue weighted by molar-refractivity contribution is 9.10. The van der Waals surface area contributed by atoms with E-state index in [1.807, 2.05) is 6.92 Å². The van der Waals surface area contributed by atoms with Gasteiger partial charge in [-0.15, -0.1) is 0 Å². The molecular formula is C13H15BrN2O3. The standard InChI is InChI=1S/C13H15BrN2O3/c1-2-13(12(18)19)5-6-16(8-13)11(17)10-4-3-9(14)7-15-10/h3-4,7H,2,5-6,8H2,1H3,(H,18,19). The average Bonchev–Trinajstić information content (AvgIpc) is 2.84. The first kappa shape index (κ1) is 14.0. The molecule has 0 bridgehead atoms. The second-order valence-electron chi connectivity index (χ2n) is 4.78. The van der Waals surface area contributed by atoms with Crippen molar-refractivity contribution >= 4 is 27.8 Å². The molecule has 19 heavy (non-hydrogen) atoms. The van der Waals surface area contributed by atoms with Gasteiger partial charge in [-0.1, -0.05) is 6.92 Å². The molecule has 6 heteroatoms. The summed E-state index contributed by atoms with van der Waals surface area (Å²) in [6, 6.07) is 3.39. The number of rotatable bonds is 3. The molecule has 0 saturated carbocycles. The number of amides is 1. The Morgan fingerprint density at radius 3 is 2.74 bits per heavy atom. The van der Waals surface area contributed by atoms with Crippen LogP contribution in [0.2, 0.25) is 0 Å². The Balaban J connectivity index is 2.14. The SMILES string of the molecule is CCC1(C(=O)O)CCN(C(=O)c2ccc(Br)cn2)C1. The van der Waals surface area contributed by atoms with E-state index in [0.717, 1.165) is 4.47 Å². The lowest BCUT2D eigenvalue weighted by Crippen LogP contribution is -2.36. The van der Waals surface area contributed by atoms with Crippen molar-refractivity contribution in [3.8, 4) is 0 Å². The molecule has 1 unspecified atom stereocenters. The Morgan fingerprint density at radius 2 is 2.26 bits per heavy atom. The zero-order chi connectivity index (χ0) is 14.0. The maximum absolute atomic E-state index is 12.2. The van der Waals surface area contributed by atoms with E-state index >= 15 is 0 Å². The smallest absolute Gasteiger partial charge is 0.311 e. The van der Waals surface area contributed by atoms with Gasteiger partial charge >= 0.3 is 5.97 Å². The third-order valence-corrected chi connectivity index (χ3v) is 4.19. The molecular weight excluding hydrogens is 312 g/mol. The lowest BCUT2D eigenvalue weighted by atomic mass is 9.84. The van der Waals surface area contributed by atoms with Gasteiger partial charge in [0.05, 0.1) is 5.41 Å². The van der Waals surface area contributed by atoms with E-state index in [4.69, 9.17) is 0 Å². The lowest BCUT2D eigenvalue weighted by Gasteiger charge is -2.22. The van der Waals surface area contributed by atoms with Crippen molar-refractivity contribution in [1.82, 2.24) is 9.88 Å². The number of carboxylic acid groups (broad SMARTS) is 1. The predicted octanol–water partition coefficient (Wildman–Crippen LogP) is 2.17. The van der Waals surface area contributed by atoms with E-state index in [-0.39, 0.29) is 12.5 Å². The average molecular weight is 327 g/mol. The summed E-state index contributed by atoms with van der Waals surface area (Å²) in [7, 11) is 0. The molecule has 1 saturated heterocycles. The van der Waals surface area contributed by atoms with Gasteiger partial charge in [0.1, 0.15) is 5.69 Å². The zero-order valence-electron chi connectivity index (χ0n) is 10.6. The largest absolute Gasteiger partial charge is 0.481 e. The number of carboxylic acids is 1. The molecule has 5 nitrogen and oxygen atoms in total. The monoisotopic (exact) mass is 326 g/mol. The molecule has 1 atom stereocenters. The summed E-state index contributed by atoms with van der Waals surface area (Å²) < 4.78 is 0.805. The van der Waals surface area contributed by atoms with Crippen LogP contribution in [0, 0.1) is 5.41 Å². The Bertz CT molecular complexity index is 503. The summed E-state index contributed by atoms with van der Waals surface area (Å²) in [5.41, 5.74) is -0.453. The minimum Gasteiger partial charge on any atom is -0.481 e. The van der Waals surface area contributed by atoms with Gasteiger partial charge in [0.25, 0.3) is 5.91 Å². The van der Waals surface area contributed by atoms with Gasteiger partial charge in [0, 0.05) is 23.8 Å². The van der Waals surface area contributed by atoms with Crippen LogP contribution in [0.3, 0.4) is 0 Å². The van der Waals surface area contributed by atoms with Crippen LogP contribution < -0.4 is 0 Å². The lowest BCUT2D eigenvalue weighted by molar-refractivity contribution is -0.148. The maximum Gasteiger partial charge on any atom is 0.311 e.